The predicted octanol–water partition coefficient (Wildman–Crippen LogP) is 2.52. The molecule has 0 fully saturated rings. The minimum absolute atomic E-state index is 0.118. The van der Waals surface area contributed by atoms with Gasteiger partial charge in [0.1, 0.15) is 5.65 Å². The highest BCUT2D eigenvalue weighted by atomic mass is 16.2. The number of hydrogen-bond donors (Lipinski definition) is 2. The highest BCUT2D eigenvalue weighted by molar-refractivity contribution is 5.75. The minimum atomic E-state index is -0.204. The lowest BCUT2D eigenvalue weighted by Gasteiger charge is -2.20. The summed E-state index contributed by atoms with van der Waals surface area (Å²) in [5, 5.41) is 6.88. The Hall–Kier alpha value is -2.04. The lowest BCUT2D eigenvalue weighted by atomic mass is 10.1. The summed E-state index contributed by atoms with van der Waals surface area (Å²) >= 11 is 0. The lowest BCUT2D eigenvalue weighted by molar-refractivity contribution is 0.232. The van der Waals surface area contributed by atoms with Crippen LogP contribution in [0.1, 0.15) is 27.2 Å². The Morgan fingerprint density at radius 3 is 2.90 bits per heavy atom. The lowest BCUT2D eigenvalue weighted by Crippen LogP contribution is -2.46. The van der Waals surface area contributed by atoms with Crippen molar-refractivity contribution < 1.29 is 4.79 Å². The van der Waals surface area contributed by atoms with Crippen LogP contribution in [0.25, 0.3) is 11.0 Å². The highest BCUT2D eigenvalue weighted by Crippen LogP contribution is 2.12. The first-order chi connectivity index (χ1) is 9.46. The van der Waals surface area contributed by atoms with E-state index in [1.165, 1.54) is 0 Å². The second kappa shape index (κ2) is 5.94. The van der Waals surface area contributed by atoms with Crippen LogP contribution in [0.5, 0.6) is 0 Å². The Bertz CT molecular complexity index is 583. The fourth-order valence-electron chi connectivity index (χ4n) is 2.04. The number of urea groups is 1. The third-order valence-electron chi connectivity index (χ3n) is 2.87. The molecule has 0 saturated heterocycles. The predicted molar refractivity (Wildman–Crippen MR) is 80.6 cm³/mol. The zero-order chi connectivity index (χ0) is 14.6. The van der Waals surface area contributed by atoms with Gasteiger partial charge >= 0.3 is 6.03 Å². The molecule has 2 aromatic rings. The third-order valence-corrected chi connectivity index (χ3v) is 2.87. The second-order valence-electron chi connectivity index (χ2n) is 5.91. The van der Waals surface area contributed by atoms with Crippen molar-refractivity contribution in [2.75, 3.05) is 6.54 Å². The zero-order valence-corrected chi connectivity index (χ0v) is 12.3. The van der Waals surface area contributed by atoms with Crippen LogP contribution >= 0.6 is 0 Å². The van der Waals surface area contributed by atoms with E-state index in [2.05, 4.69) is 26.3 Å². The van der Waals surface area contributed by atoms with Gasteiger partial charge in [0.25, 0.3) is 0 Å². The number of amides is 2. The van der Waals surface area contributed by atoms with E-state index in [1.807, 2.05) is 39.1 Å². The van der Waals surface area contributed by atoms with Crippen LogP contribution in [0.4, 0.5) is 4.79 Å². The van der Waals surface area contributed by atoms with Crippen molar-refractivity contribution in [3.05, 3.63) is 30.6 Å². The van der Waals surface area contributed by atoms with Crippen LogP contribution in [-0.2, 0) is 6.54 Å². The zero-order valence-electron chi connectivity index (χ0n) is 12.3. The molecule has 0 aromatic carbocycles. The van der Waals surface area contributed by atoms with Gasteiger partial charge in [-0.1, -0.05) is 0 Å². The van der Waals surface area contributed by atoms with Crippen LogP contribution in [0, 0.1) is 0 Å². The van der Waals surface area contributed by atoms with E-state index in [0.29, 0.717) is 6.54 Å². The van der Waals surface area contributed by atoms with Crippen LogP contribution in [0.2, 0.25) is 0 Å². The molecule has 0 saturated carbocycles. The number of carbonyl (C=O) groups excluding carboxylic acids is 1. The summed E-state index contributed by atoms with van der Waals surface area (Å²) in [5.41, 5.74) is 0.789. The number of nitrogens with zero attached hydrogens (tertiary/aromatic N) is 2. The Morgan fingerprint density at radius 1 is 1.35 bits per heavy atom. The Kier molecular flexibility index (Phi) is 4.27. The first-order valence-corrected chi connectivity index (χ1v) is 6.91. The molecule has 5 nitrogen and oxygen atoms in total. The van der Waals surface area contributed by atoms with E-state index in [0.717, 1.165) is 24.0 Å². The first kappa shape index (κ1) is 14.4. The van der Waals surface area contributed by atoms with E-state index in [9.17, 15) is 4.79 Å². The molecular formula is C15H22N4O. The number of fused-ring (bicyclic) bond motifs is 1. The number of pyridine rings is 1. The van der Waals surface area contributed by atoms with Gasteiger partial charge in [-0.25, -0.2) is 9.78 Å². The number of carbonyl (C=O) groups is 1. The molecule has 2 N–H and O–H groups in total. The molecule has 2 heterocycles. The van der Waals surface area contributed by atoms with Crippen LogP contribution < -0.4 is 10.6 Å². The molecule has 0 aliphatic carbocycles. The van der Waals surface area contributed by atoms with Crippen molar-refractivity contribution in [1.82, 2.24) is 20.2 Å². The van der Waals surface area contributed by atoms with E-state index in [-0.39, 0.29) is 11.6 Å². The summed E-state index contributed by atoms with van der Waals surface area (Å²) in [5.74, 6) is 0. The summed E-state index contributed by atoms with van der Waals surface area (Å²) < 4.78 is 2.11. The van der Waals surface area contributed by atoms with E-state index >= 15 is 0 Å². The smallest absolute Gasteiger partial charge is 0.315 e. The molecule has 5 heteroatoms. The normalized spacial score (nSPS) is 11.6. The average Bonchev–Trinajstić information content (AvgIpc) is 2.76. The Morgan fingerprint density at radius 2 is 2.15 bits per heavy atom. The maximum absolute atomic E-state index is 11.6. The van der Waals surface area contributed by atoms with E-state index < -0.39 is 0 Å². The molecule has 0 radical (unpaired) electrons. The largest absolute Gasteiger partial charge is 0.338 e. The van der Waals surface area contributed by atoms with Crippen LogP contribution in [-0.4, -0.2) is 27.7 Å². The van der Waals surface area contributed by atoms with Crippen molar-refractivity contribution in [2.45, 2.75) is 39.3 Å². The molecule has 0 unspecified atom stereocenters. The summed E-state index contributed by atoms with van der Waals surface area (Å²) in [4.78, 5) is 16.0. The molecule has 0 atom stereocenters. The van der Waals surface area contributed by atoms with E-state index in [4.69, 9.17) is 0 Å². The summed E-state index contributed by atoms with van der Waals surface area (Å²) in [6, 6.07) is 5.93. The maximum atomic E-state index is 11.6. The summed E-state index contributed by atoms with van der Waals surface area (Å²) in [6.45, 7) is 7.38. The highest BCUT2D eigenvalue weighted by Gasteiger charge is 2.12. The molecule has 0 spiro atoms. The molecule has 2 rings (SSSR count). The van der Waals surface area contributed by atoms with Gasteiger partial charge in [0.05, 0.1) is 0 Å². The molecule has 0 aliphatic heterocycles. The van der Waals surface area contributed by atoms with Gasteiger partial charge in [-0.05, 0) is 45.4 Å². The fourth-order valence-corrected chi connectivity index (χ4v) is 2.04. The van der Waals surface area contributed by atoms with Gasteiger partial charge in [-0.3, -0.25) is 0 Å². The number of nitrogens with one attached hydrogen (secondary N) is 2. The quantitative estimate of drug-likeness (QED) is 0.842. The summed E-state index contributed by atoms with van der Waals surface area (Å²) in [7, 11) is 0. The number of aryl methyl sites for hydroxylation is 1. The number of hydrogen-bond acceptors (Lipinski definition) is 2. The van der Waals surface area contributed by atoms with Gasteiger partial charge in [0, 0.05) is 36.4 Å². The van der Waals surface area contributed by atoms with Crippen molar-refractivity contribution in [3.63, 3.8) is 0 Å². The molecular weight excluding hydrogens is 252 g/mol. The van der Waals surface area contributed by atoms with Gasteiger partial charge in [0.15, 0.2) is 0 Å². The minimum Gasteiger partial charge on any atom is -0.338 e. The van der Waals surface area contributed by atoms with Crippen LogP contribution in [0.3, 0.4) is 0 Å². The summed E-state index contributed by atoms with van der Waals surface area (Å²) in [6.07, 6.45) is 4.71. The first-order valence-electron chi connectivity index (χ1n) is 6.91. The Balaban J connectivity index is 1.78. The number of aromatic nitrogens is 2. The average molecular weight is 274 g/mol. The van der Waals surface area contributed by atoms with Crippen LogP contribution in [0.15, 0.2) is 30.6 Å². The molecule has 20 heavy (non-hydrogen) atoms. The SMILES string of the molecule is CC(C)(C)NC(=O)NCCCn1ccc2cccnc21. The monoisotopic (exact) mass is 274 g/mol. The van der Waals surface area contributed by atoms with Crippen molar-refractivity contribution in [2.24, 2.45) is 0 Å². The topological polar surface area (TPSA) is 59.0 Å². The van der Waals surface area contributed by atoms with E-state index in [1.54, 1.807) is 6.20 Å². The molecule has 0 aliphatic rings. The fraction of sp³-hybridized carbons (Fsp3) is 0.467. The van der Waals surface area contributed by atoms with Crippen molar-refractivity contribution >= 4 is 17.1 Å². The standard InChI is InChI=1S/C15H22N4O/c1-15(2,3)18-14(20)17-9-5-10-19-11-7-12-6-4-8-16-13(12)19/h4,6-8,11H,5,9-10H2,1-3H3,(H2,17,18,20). The molecule has 108 valence electrons. The van der Waals surface area contributed by atoms with Crippen molar-refractivity contribution in [3.8, 4) is 0 Å². The van der Waals surface area contributed by atoms with Gasteiger partial charge in [-0.15, -0.1) is 0 Å². The van der Waals surface area contributed by atoms with Gasteiger partial charge < -0.3 is 15.2 Å². The van der Waals surface area contributed by atoms with Crippen molar-refractivity contribution in [1.29, 1.82) is 0 Å². The molecule has 2 amide bonds. The maximum Gasteiger partial charge on any atom is 0.315 e. The molecule has 0 bridgehead atoms. The third kappa shape index (κ3) is 3.98. The van der Waals surface area contributed by atoms with Gasteiger partial charge in [-0.2, -0.15) is 0 Å². The second-order valence-corrected chi connectivity index (χ2v) is 5.91. The van der Waals surface area contributed by atoms with Gasteiger partial charge in [0.2, 0.25) is 0 Å². The molecule has 2 aromatic heterocycles. The number of rotatable bonds is 4. The Labute approximate surface area is 119 Å².